The summed E-state index contributed by atoms with van der Waals surface area (Å²) in [6.07, 6.45) is -5.85. The van der Waals surface area contributed by atoms with Gasteiger partial charge >= 0.3 is 6.18 Å². The van der Waals surface area contributed by atoms with Crippen molar-refractivity contribution in [2.24, 2.45) is 5.10 Å². The molecule has 3 aromatic rings. The third-order valence-electron chi connectivity index (χ3n) is 4.47. The smallest absolute Gasteiger partial charge is 0.438 e. The van der Waals surface area contributed by atoms with E-state index in [9.17, 15) is 23.4 Å². The molecule has 0 aliphatic carbocycles. The highest BCUT2D eigenvalue weighted by molar-refractivity contribution is 7.14. The van der Waals surface area contributed by atoms with Crippen molar-refractivity contribution >= 4 is 33.8 Å². The van der Waals surface area contributed by atoms with E-state index in [2.05, 4.69) is 10.1 Å². The van der Waals surface area contributed by atoms with Crippen molar-refractivity contribution < 1.29 is 23.4 Å². The number of hydrazone groups is 1. The van der Waals surface area contributed by atoms with E-state index in [4.69, 9.17) is 11.6 Å². The number of aliphatic hydroxyl groups is 1. The van der Waals surface area contributed by atoms with Gasteiger partial charge in [0.25, 0.3) is 5.72 Å². The van der Waals surface area contributed by atoms with Gasteiger partial charge in [-0.3, -0.25) is 0 Å². The first kappa shape index (κ1) is 19.7. The molecule has 0 saturated heterocycles. The average Bonchev–Trinajstić information content (AvgIpc) is 3.28. The van der Waals surface area contributed by atoms with E-state index in [-0.39, 0.29) is 22.2 Å². The number of aromatic hydroxyl groups is 1. The largest absolute Gasteiger partial charge is 0.507 e. The van der Waals surface area contributed by atoms with Crippen LogP contribution in [0.3, 0.4) is 0 Å². The van der Waals surface area contributed by atoms with Gasteiger partial charge in [-0.05, 0) is 24.3 Å². The number of alkyl halides is 3. The Balaban J connectivity index is 1.77. The summed E-state index contributed by atoms with van der Waals surface area (Å²) in [6.45, 7) is 0. The second kappa shape index (κ2) is 7.01. The number of thiazole rings is 1. The number of rotatable bonds is 3. The van der Waals surface area contributed by atoms with Crippen LogP contribution in [0.15, 0.2) is 59.0 Å². The van der Waals surface area contributed by atoms with E-state index in [1.54, 1.807) is 41.8 Å². The molecule has 29 heavy (non-hydrogen) atoms. The molecule has 0 unspecified atom stereocenters. The fourth-order valence-corrected chi connectivity index (χ4v) is 3.92. The maximum atomic E-state index is 13.8. The number of nitrogens with zero attached hydrogens (tertiary/aromatic N) is 3. The molecular formula is C19H13ClF3N3O2S. The van der Waals surface area contributed by atoms with Crippen molar-refractivity contribution in [3.05, 3.63) is 64.5 Å². The Labute approximate surface area is 172 Å². The number of phenolic OH excluding ortho intramolecular Hbond substituents is 1. The van der Waals surface area contributed by atoms with Crippen LogP contribution in [-0.4, -0.2) is 32.8 Å². The van der Waals surface area contributed by atoms with Crippen LogP contribution >= 0.6 is 22.9 Å². The van der Waals surface area contributed by atoms with Crippen LogP contribution in [0.4, 0.5) is 18.3 Å². The Morgan fingerprint density at radius 1 is 1.10 bits per heavy atom. The Morgan fingerprint density at radius 2 is 1.79 bits per heavy atom. The molecule has 0 amide bonds. The Bertz CT molecular complexity index is 1080. The number of hydrogen-bond acceptors (Lipinski definition) is 6. The SMILES string of the molecule is Oc1ccccc1C1=NN(c2nc(-c3ccc(Cl)cc3)cs2)[C@@](O)(C(F)(F)F)C1. The van der Waals surface area contributed by atoms with Gasteiger partial charge < -0.3 is 10.2 Å². The Kier molecular flexibility index (Phi) is 4.76. The van der Waals surface area contributed by atoms with E-state index >= 15 is 0 Å². The number of phenols is 1. The van der Waals surface area contributed by atoms with Crippen LogP contribution in [0.25, 0.3) is 11.3 Å². The van der Waals surface area contributed by atoms with Crippen molar-refractivity contribution in [3.8, 4) is 17.0 Å². The van der Waals surface area contributed by atoms with Crippen molar-refractivity contribution in [1.29, 1.82) is 0 Å². The lowest BCUT2D eigenvalue weighted by Crippen LogP contribution is -2.55. The van der Waals surface area contributed by atoms with E-state index in [0.29, 0.717) is 21.3 Å². The molecule has 0 bridgehead atoms. The maximum absolute atomic E-state index is 13.8. The van der Waals surface area contributed by atoms with Crippen molar-refractivity contribution in [1.82, 2.24) is 4.98 Å². The van der Waals surface area contributed by atoms with Gasteiger partial charge in [0.15, 0.2) is 0 Å². The van der Waals surface area contributed by atoms with Crippen LogP contribution in [-0.2, 0) is 0 Å². The molecular weight excluding hydrogens is 427 g/mol. The zero-order valence-corrected chi connectivity index (χ0v) is 16.1. The number of hydrogen-bond donors (Lipinski definition) is 2. The Morgan fingerprint density at radius 3 is 2.45 bits per heavy atom. The monoisotopic (exact) mass is 439 g/mol. The fraction of sp³-hybridized carbons (Fsp3) is 0.158. The third kappa shape index (κ3) is 3.45. The molecule has 1 aromatic heterocycles. The first-order valence-electron chi connectivity index (χ1n) is 8.36. The zero-order valence-electron chi connectivity index (χ0n) is 14.6. The fourth-order valence-electron chi connectivity index (χ4n) is 2.95. The lowest BCUT2D eigenvalue weighted by molar-refractivity contribution is -0.254. The number of aromatic nitrogens is 1. The van der Waals surface area contributed by atoms with Gasteiger partial charge in [-0.15, -0.1) is 11.3 Å². The molecule has 0 spiro atoms. The number of halogens is 4. The topological polar surface area (TPSA) is 69.0 Å². The molecule has 5 nitrogen and oxygen atoms in total. The normalized spacial score (nSPS) is 19.5. The van der Waals surface area contributed by atoms with E-state index < -0.39 is 18.3 Å². The number of para-hydroxylation sites is 1. The standard InChI is InChI=1S/C19H13ClF3N3O2S/c20-12-7-5-11(6-8-12)15-10-29-17(24-15)26-18(28,19(21,22)23)9-14(25-26)13-3-1-2-4-16(13)27/h1-8,10,27-28H,9H2/t18-/m0/s1. The van der Waals surface area contributed by atoms with Gasteiger partial charge in [-0.2, -0.15) is 23.3 Å². The molecule has 1 aliphatic rings. The third-order valence-corrected chi connectivity index (χ3v) is 5.54. The molecule has 2 aromatic carbocycles. The zero-order chi connectivity index (χ0) is 20.8. The lowest BCUT2D eigenvalue weighted by Gasteiger charge is -2.32. The predicted molar refractivity (Wildman–Crippen MR) is 105 cm³/mol. The van der Waals surface area contributed by atoms with E-state index in [1.165, 1.54) is 12.1 Å². The minimum atomic E-state index is -5.01. The molecule has 150 valence electrons. The molecule has 4 rings (SSSR count). The summed E-state index contributed by atoms with van der Waals surface area (Å²) >= 11 is 6.78. The van der Waals surface area contributed by atoms with Crippen LogP contribution in [0.5, 0.6) is 5.75 Å². The highest BCUT2D eigenvalue weighted by Crippen LogP contribution is 2.45. The number of benzene rings is 2. The summed E-state index contributed by atoms with van der Waals surface area (Å²) < 4.78 is 41.3. The first-order chi connectivity index (χ1) is 13.7. The predicted octanol–water partition coefficient (Wildman–Crippen LogP) is 5.03. The van der Waals surface area contributed by atoms with Crippen LogP contribution < -0.4 is 5.01 Å². The van der Waals surface area contributed by atoms with Crippen molar-refractivity contribution in [2.75, 3.05) is 5.01 Å². The second-order valence-corrected chi connectivity index (χ2v) is 7.66. The summed E-state index contributed by atoms with van der Waals surface area (Å²) in [5.41, 5.74) is -2.16. The van der Waals surface area contributed by atoms with E-state index in [0.717, 1.165) is 11.3 Å². The van der Waals surface area contributed by atoms with Crippen LogP contribution in [0.2, 0.25) is 5.02 Å². The summed E-state index contributed by atoms with van der Waals surface area (Å²) in [5, 5.41) is 26.9. The first-order valence-corrected chi connectivity index (χ1v) is 9.61. The molecule has 2 N–H and O–H groups in total. The van der Waals surface area contributed by atoms with Crippen molar-refractivity contribution in [2.45, 2.75) is 18.3 Å². The number of anilines is 1. The average molecular weight is 440 g/mol. The molecule has 1 atom stereocenters. The quantitative estimate of drug-likeness (QED) is 0.600. The summed E-state index contributed by atoms with van der Waals surface area (Å²) in [5.74, 6) is -0.224. The van der Waals surface area contributed by atoms with Crippen LogP contribution in [0, 0.1) is 0 Å². The highest BCUT2D eigenvalue weighted by Gasteiger charge is 2.62. The molecule has 2 heterocycles. The maximum Gasteiger partial charge on any atom is 0.438 e. The van der Waals surface area contributed by atoms with Gasteiger partial charge in [0.05, 0.1) is 17.8 Å². The van der Waals surface area contributed by atoms with Crippen molar-refractivity contribution in [3.63, 3.8) is 0 Å². The molecule has 10 heteroatoms. The molecule has 0 saturated carbocycles. The summed E-state index contributed by atoms with van der Waals surface area (Å²) in [7, 11) is 0. The van der Waals surface area contributed by atoms with Crippen LogP contribution in [0.1, 0.15) is 12.0 Å². The lowest BCUT2D eigenvalue weighted by atomic mass is 10.0. The van der Waals surface area contributed by atoms with Gasteiger partial charge in [-0.1, -0.05) is 35.9 Å². The van der Waals surface area contributed by atoms with Gasteiger partial charge in [0.2, 0.25) is 5.13 Å². The van der Waals surface area contributed by atoms with Gasteiger partial charge in [-0.25, -0.2) is 4.98 Å². The van der Waals surface area contributed by atoms with Gasteiger partial charge in [0.1, 0.15) is 5.75 Å². The minimum Gasteiger partial charge on any atom is -0.507 e. The summed E-state index contributed by atoms with van der Waals surface area (Å²) in [6, 6.07) is 12.6. The second-order valence-electron chi connectivity index (χ2n) is 6.39. The molecule has 0 radical (unpaired) electrons. The van der Waals surface area contributed by atoms with E-state index in [1.807, 2.05) is 0 Å². The molecule has 0 fully saturated rings. The van der Waals surface area contributed by atoms with Gasteiger partial charge in [0, 0.05) is 21.5 Å². The minimum absolute atomic E-state index is 0.0915. The molecule has 1 aliphatic heterocycles. The summed E-state index contributed by atoms with van der Waals surface area (Å²) in [4.78, 5) is 4.22. The Hall–Kier alpha value is -2.62. The highest BCUT2D eigenvalue weighted by atomic mass is 35.5.